The lowest BCUT2D eigenvalue weighted by molar-refractivity contribution is -0.152. The van der Waals surface area contributed by atoms with Crippen LogP contribution in [0.25, 0.3) is 0 Å². The maximum atomic E-state index is 14.3. The number of ketones is 1. The van der Waals surface area contributed by atoms with Crippen molar-refractivity contribution < 1.29 is 29.0 Å². The molecule has 1 aliphatic heterocycles. The number of ether oxygens (including phenoxy) is 1. The predicted octanol–water partition coefficient (Wildman–Crippen LogP) is 5.96. The molecule has 3 aliphatic carbocycles. The Balaban J connectivity index is 1.57. The van der Waals surface area contributed by atoms with Gasteiger partial charge in [0.2, 0.25) is 5.91 Å². The summed E-state index contributed by atoms with van der Waals surface area (Å²) in [4.78, 5) is 55.1. The molecule has 226 valence electrons. The van der Waals surface area contributed by atoms with Crippen LogP contribution in [-0.2, 0) is 19.1 Å². The number of likely N-dealkylation sites (tertiary alicyclic amines) is 1. The number of nitrogens with zero attached hydrogens (tertiary/aromatic N) is 1. The van der Waals surface area contributed by atoms with Crippen LogP contribution in [0.3, 0.4) is 0 Å². The Morgan fingerprint density at radius 3 is 2.00 bits per heavy atom. The second kappa shape index (κ2) is 10.3. The van der Waals surface area contributed by atoms with Crippen molar-refractivity contribution in [3.05, 3.63) is 0 Å². The van der Waals surface area contributed by atoms with Crippen molar-refractivity contribution in [2.45, 2.75) is 137 Å². The number of carbonyl (C=O) groups excluding carboxylic acids is 3. The largest absolute Gasteiger partial charge is 0.480 e. The zero-order valence-corrected chi connectivity index (χ0v) is 26.0. The molecule has 2 amide bonds. The summed E-state index contributed by atoms with van der Waals surface area (Å²) >= 11 is 0. The average Bonchev–Trinajstić information content (AvgIpc) is 3.04. The molecule has 4 aliphatic rings. The highest BCUT2D eigenvalue weighted by atomic mass is 16.6. The van der Waals surface area contributed by atoms with Gasteiger partial charge in [-0.1, -0.05) is 60.3 Å². The topological polar surface area (TPSA) is 113 Å². The van der Waals surface area contributed by atoms with Crippen LogP contribution in [0.5, 0.6) is 0 Å². The van der Waals surface area contributed by atoms with Crippen molar-refractivity contribution in [2.75, 3.05) is 6.54 Å². The van der Waals surface area contributed by atoms with E-state index in [1.165, 1.54) is 0 Å². The van der Waals surface area contributed by atoms with Crippen LogP contribution in [0.4, 0.5) is 4.79 Å². The highest BCUT2D eigenvalue weighted by molar-refractivity contribution is 5.93. The third-order valence-corrected chi connectivity index (χ3v) is 11.3. The molecule has 0 unspecified atom stereocenters. The molecular formula is C32H52N2O6. The van der Waals surface area contributed by atoms with Gasteiger partial charge in [-0.2, -0.15) is 0 Å². The van der Waals surface area contributed by atoms with E-state index in [1.54, 1.807) is 25.7 Å². The van der Waals surface area contributed by atoms with Gasteiger partial charge in [0, 0.05) is 24.3 Å². The molecule has 8 nitrogen and oxygen atoms in total. The first-order chi connectivity index (χ1) is 18.4. The number of alkyl carbamates (subject to hydrolysis) is 1. The number of fused-ring (bicyclic) bond motifs is 1. The highest BCUT2D eigenvalue weighted by Gasteiger charge is 2.85. The van der Waals surface area contributed by atoms with Crippen LogP contribution >= 0.6 is 0 Å². The Hall–Kier alpha value is -2.12. The number of nitrogens with one attached hydrogen (secondary N) is 1. The highest BCUT2D eigenvalue weighted by Crippen LogP contribution is 2.88. The van der Waals surface area contributed by atoms with Crippen molar-refractivity contribution in [1.82, 2.24) is 10.2 Å². The van der Waals surface area contributed by atoms with E-state index in [2.05, 4.69) is 19.2 Å². The fourth-order valence-corrected chi connectivity index (χ4v) is 8.71. The number of aliphatic carboxylic acids is 1. The van der Waals surface area contributed by atoms with E-state index >= 15 is 0 Å². The first-order valence-electron chi connectivity index (χ1n) is 15.4. The van der Waals surface area contributed by atoms with Crippen molar-refractivity contribution in [1.29, 1.82) is 0 Å². The monoisotopic (exact) mass is 560 g/mol. The van der Waals surface area contributed by atoms with E-state index in [9.17, 15) is 24.3 Å². The molecule has 4 fully saturated rings. The van der Waals surface area contributed by atoms with Gasteiger partial charge in [-0.05, 0) is 75.0 Å². The van der Waals surface area contributed by atoms with Crippen molar-refractivity contribution in [3.8, 4) is 0 Å². The molecular weight excluding hydrogens is 508 g/mol. The van der Waals surface area contributed by atoms with Gasteiger partial charge in [-0.15, -0.1) is 0 Å². The van der Waals surface area contributed by atoms with Crippen molar-refractivity contribution in [2.24, 2.45) is 33.5 Å². The Labute approximate surface area is 240 Å². The van der Waals surface area contributed by atoms with E-state index in [-0.39, 0.29) is 40.3 Å². The number of amides is 2. The van der Waals surface area contributed by atoms with Gasteiger partial charge in [0.25, 0.3) is 0 Å². The summed E-state index contributed by atoms with van der Waals surface area (Å²) < 4.78 is 5.49. The minimum atomic E-state index is -0.965. The predicted molar refractivity (Wildman–Crippen MR) is 153 cm³/mol. The summed E-state index contributed by atoms with van der Waals surface area (Å²) in [6.45, 7) is 16.1. The zero-order valence-electron chi connectivity index (χ0n) is 26.0. The molecule has 0 aromatic rings. The van der Waals surface area contributed by atoms with Gasteiger partial charge in [0.15, 0.2) is 5.78 Å². The van der Waals surface area contributed by atoms with Crippen LogP contribution < -0.4 is 5.32 Å². The lowest BCUT2D eigenvalue weighted by Crippen LogP contribution is -2.51. The molecule has 40 heavy (non-hydrogen) atoms. The van der Waals surface area contributed by atoms with Gasteiger partial charge in [0.05, 0.1) is 6.04 Å². The van der Waals surface area contributed by atoms with Gasteiger partial charge in [-0.3, -0.25) is 9.59 Å². The Morgan fingerprint density at radius 1 is 0.950 bits per heavy atom. The molecule has 8 heteroatoms. The fourth-order valence-electron chi connectivity index (χ4n) is 8.71. The van der Waals surface area contributed by atoms with Crippen molar-refractivity contribution in [3.63, 3.8) is 0 Å². The number of rotatable bonds is 7. The molecule has 2 spiro atoms. The van der Waals surface area contributed by atoms with Gasteiger partial charge in [-0.25, -0.2) is 9.59 Å². The van der Waals surface area contributed by atoms with E-state index < -0.39 is 41.1 Å². The summed E-state index contributed by atoms with van der Waals surface area (Å²) in [5.74, 6) is -2.08. The van der Waals surface area contributed by atoms with E-state index in [0.29, 0.717) is 13.0 Å². The van der Waals surface area contributed by atoms with Gasteiger partial charge in [0.1, 0.15) is 11.6 Å². The summed E-state index contributed by atoms with van der Waals surface area (Å²) in [6.07, 6.45) is 7.95. The summed E-state index contributed by atoms with van der Waals surface area (Å²) in [7, 11) is 0. The Bertz CT molecular complexity index is 1030. The van der Waals surface area contributed by atoms with Crippen molar-refractivity contribution >= 4 is 23.8 Å². The standard InChI is InChI=1S/C32H52N2O6/c1-28(2,3)21(17-23(35)24(20-13-10-9-11-14-20)33-27(39)40-29(4,5)6)25(36)34-19-32(18-22(34)26(37)38)30(7,8)31(32)15-12-16-31/h20-22,24H,9-19H2,1-8H3,(H,33,39)(H,37,38)/t21-,22+,24+,32-/m1/s1. The number of hydrogen-bond donors (Lipinski definition) is 2. The molecule has 1 heterocycles. The SMILES string of the molecule is CC(C)(C)OC(=O)N[C@H](C(=O)C[C@H](C(=O)N1C[C@]2(C[C@H]1C(=O)O)C(C)(C)C21CCC1)C(C)(C)C)C1CCCCC1. The molecule has 4 atom stereocenters. The fraction of sp³-hybridized carbons (Fsp3) is 0.875. The molecule has 0 radical (unpaired) electrons. The van der Waals surface area contributed by atoms with Crippen LogP contribution in [0.2, 0.25) is 0 Å². The third-order valence-electron chi connectivity index (χ3n) is 11.3. The first kappa shape index (κ1) is 30.8. The second-order valence-electron chi connectivity index (χ2n) is 15.8. The molecule has 0 aromatic heterocycles. The number of carbonyl (C=O) groups is 4. The Morgan fingerprint density at radius 2 is 1.55 bits per heavy atom. The quantitative estimate of drug-likeness (QED) is 0.397. The average molecular weight is 561 g/mol. The van der Waals surface area contributed by atoms with Crippen LogP contribution in [0, 0.1) is 33.5 Å². The Kier molecular flexibility index (Phi) is 7.94. The summed E-state index contributed by atoms with van der Waals surface area (Å²) in [5.41, 5.74) is -1.31. The number of carboxylic acid groups (broad SMARTS) is 1. The van der Waals surface area contributed by atoms with Crippen LogP contribution in [0.15, 0.2) is 0 Å². The number of hydrogen-bond acceptors (Lipinski definition) is 5. The zero-order chi connectivity index (χ0) is 29.9. The lowest BCUT2D eigenvalue weighted by atomic mass is 9.73. The van der Waals surface area contributed by atoms with Gasteiger partial charge >= 0.3 is 12.1 Å². The molecule has 4 rings (SSSR count). The number of carboxylic acids is 1. The van der Waals surface area contributed by atoms with E-state index in [4.69, 9.17) is 4.74 Å². The molecule has 1 saturated heterocycles. The maximum absolute atomic E-state index is 14.3. The second-order valence-corrected chi connectivity index (χ2v) is 15.8. The van der Waals surface area contributed by atoms with Crippen LogP contribution in [-0.4, -0.2) is 58.0 Å². The minimum absolute atomic E-state index is 0.00254. The van der Waals surface area contributed by atoms with E-state index in [0.717, 1.165) is 51.4 Å². The third kappa shape index (κ3) is 5.17. The van der Waals surface area contributed by atoms with Crippen LogP contribution in [0.1, 0.15) is 120 Å². The summed E-state index contributed by atoms with van der Waals surface area (Å²) in [6, 6.07) is -1.60. The first-order valence-corrected chi connectivity index (χ1v) is 15.4. The normalized spacial score (nSPS) is 29.0. The summed E-state index contributed by atoms with van der Waals surface area (Å²) in [5, 5.41) is 13.1. The molecule has 0 bridgehead atoms. The maximum Gasteiger partial charge on any atom is 0.408 e. The molecule has 2 N–H and O–H groups in total. The van der Waals surface area contributed by atoms with Gasteiger partial charge < -0.3 is 20.1 Å². The molecule has 0 aromatic carbocycles. The lowest BCUT2D eigenvalue weighted by Gasteiger charge is -2.36. The smallest absolute Gasteiger partial charge is 0.408 e. The minimum Gasteiger partial charge on any atom is -0.480 e. The molecule has 3 saturated carbocycles. The number of Topliss-reactive ketones (excluding diaryl/α,β-unsaturated/α-hetero) is 1. The van der Waals surface area contributed by atoms with E-state index in [1.807, 2.05) is 20.8 Å².